The maximum Gasteiger partial charge on any atom is 0.158 e. The smallest absolute Gasteiger partial charge is 0.158 e. The molecule has 0 aliphatic rings. The van der Waals surface area contributed by atoms with Crippen molar-refractivity contribution in [2.75, 3.05) is 0 Å². The second kappa shape index (κ2) is 6.61. The van der Waals surface area contributed by atoms with Gasteiger partial charge in [0.15, 0.2) is 5.65 Å². The third-order valence-corrected chi connectivity index (χ3v) is 5.10. The highest BCUT2D eigenvalue weighted by Gasteiger charge is 2.38. The van der Waals surface area contributed by atoms with Crippen molar-refractivity contribution < 1.29 is 4.39 Å². The molecule has 138 valence electrons. The lowest BCUT2D eigenvalue weighted by molar-refractivity contribution is 0.429. The maximum absolute atomic E-state index is 14.9. The van der Waals surface area contributed by atoms with Crippen LogP contribution in [0.4, 0.5) is 4.39 Å². The van der Waals surface area contributed by atoms with Crippen molar-refractivity contribution >= 4 is 5.65 Å². The molecule has 0 saturated heterocycles. The third kappa shape index (κ3) is 2.72. The van der Waals surface area contributed by atoms with E-state index in [9.17, 15) is 4.39 Å². The van der Waals surface area contributed by atoms with Crippen LogP contribution in [0.3, 0.4) is 0 Å². The molecule has 1 unspecified atom stereocenters. The lowest BCUT2D eigenvalue weighted by Crippen LogP contribution is -2.34. The minimum absolute atomic E-state index is 0.266. The Morgan fingerprint density at radius 1 is 1.15 bits per heavy atom. The number of rotatable bonds is 5. The fraction of sp³-hybridized carbons (Fsp3) is 0.286. The Morgan fingerprint density at radius 2 is 1.96 bits per heavy atom. The molecule has 0 aliphatic carbocycles. The van der Waals surface area contributed by atoms with Crippen molar-refractivity contribution in [3.05, 3.63) is 83.6 Å². The van der Waals surface area contributed by atoms with E-state index < -0.39 is 5.54 Å². The summed E-state index contributed by atoms with van der Waals surface area (Å²) in [5, 5.41) is 4.86. The van der Waals surface area contributed by atoms with Gasteiger partial charge < -0.3 is 4.57 Å². The van der Waals surface area contributed by atoms with E-state index >= 15 is 0 Å². The number of hydrogen-bond acceptors (Lipinski definition) is 3. The van der Waals surface area contributed by atoms with Crippen LogP contribution >= 0.6 is 0 Å². The van der Waals surface area contributed by atoms with Crippen LogP contribution in [0.1, 0.15) is 42.8 Å². The van der Waals surface area contributed by atoms with Crippen LogP contribution in [0.5, 0.6) is 0 Å². The van der Waals surface area contributed by atoms with Crippen molar-refractivity contribution in [2.24, 2.45) is 0 Å². The van der Waals surface area contributed by atoms with Crippen molar-refractivity contribution in [1.29, 1.82) is 0 Å². The topological polar surface area (TPSA) is 48.0 Å². The van der Waals surface area contributed by atoms with Gasteiger partial charge >= 0.3 is 0 Å². The number of halogens is 1. The number of aryl methyl sites for hydroxylation is 2. The Labute approximate surface area is 157 Å². The highest BCUT2D eigenvalue weighted by Crippen LogP contribution is 2.37. The Kier molecular flexibility index (Phi) is 4.26. The molecule has 0 N–H and O–H groups in total. The summed E-state index contributed by atoms with van der Waals surface area (Å²) in [6.45, 7) is 6.08. The van der Waals surface area contributed by atoms with Crippen LogP contribution in [0.15, 0.2) is 55.2 Å². The van der Waals surface area contributed by atoms with Gasteiger partial charge in [-0.2, -0.15) is 5.10 Å². The van der Waals surface area contributed by atoms with Crippen LogP contribution < -0.4 is 0 Å². The summed E-state index contributed by atoms with van der Waals surface area (Å²) in [6.07, 6.45) is 8.94. The molecule has 0 fully saturated rings. The summed E-state index contributed by atoms with van der Waals surface area (Å²) in [5.41, 5.74) is 3.32. The third-order valence-electron chi connectivity index (χ3n) is 5.10. The molecule has 4 aromatic rings. The summed E-state index contributed by atoms with van der Waals surface area (Å²) in [5.74, 6) is -0.266. The Morgan fingerprint density at radius 3 is 2.67 bits per heavy atom. The van der Waals surface area contributed by atoms with Gasteiger partial charge in [0.25, 0.3) is 0 Å². The van der Waals surface area contributed by atoms with E-state index in [4.69, 9.17) is 10.1 Å². The molecule has 1 aromatic carbocycles. The predicted octanol–water partition coefficient (Wildman–Crippen LogP) is 4.14. The van der Waals surface area contributed by atoms with Gasteiger partial charge in [-0.05, 0) is 32.4 Å². The molecule has 3 heterocycles. The van der Waals surface area contributed by atoms with Crippen LogP contribution in [-0.2, 0) is 12.0 Å². The molecule has 1 atom stereocenters. The molecule has 6 heteroatoms. The average molecular weight is 363 g/mol. The van der Waals surface area contributed by atoms with E-state index in [0.717, 1.165) is 35.4 Å². The van der Waals surface area contributed by atoms with E-state index in [1.165, 1.54) is 6.07 Å². The minimum Gasteiger partial charge on any atom is -0.322 e. The number of imidazole rings is 1. The fourth-order valence-corrected chi connectivity index (χ4v) is 3.71. The highest BCUT2D eigenvalue weighted by molar-refractivity contribution is 5.55. The largest absolute Gasteiger partial charge is 0.322 e. The first-order valence-electron chi connectivity index (χ1n) is 9.14. The number of hydrogen-bond donors (Lipinski definition) is 0. The molecule has 0 radical (unpaired) electrons. The van der Waals surface area contributed by atoms with Crippen molar-refractivity contribution in [3.8, 4) is 0 Å². The summed E-state index contributed by atoms with van der Waals surface area (Å²) >= 11 is 0. The second-order valence-electron chi connectivity index (χ2n) is 6.94. The summed E-state index contributed by atoms with van der Waals surface area (Å²) in [4.78, 5) is 8.91. The molecule has 4 rings (SSSR count). The van der Waals surface area contributed by atoms with Gasteiger partial charge in [-0.3, -0.25) is 0 Å². The van der Waals surface area contributed by atoms with E-state index in [2.05, 4.69) is 11.9 Å². The first kappa shape index (κ1) is 17.4. The van der Waals surface area contributed by atoms with E-state index in [1.807, 2.05) is 49.0 Å². The van der Waals surface area contributed by atoms with Gasteiger partial charge in [0.1, 0.15) is 11.4 Å². The Bertz CT molecular complexity index is 1080. The SMILES string of the molecule is CCCc1c(C(C)(c2ccccc2F)n2ccnc2)nn2ccc(C)nc12. The molecule has 5 nitrogen and oxygen atoms in total. The van der Waals surface area contributed by atoms with Gasteiger partial charge in [0.05, 0.1) is 12.0 Å². The standard InChI is InChI=1S/C21H22FN5/c1-4-7-16-19(25-27-12-10-15(2)24-20(16)27)21(3,26-13-11-23-14-26)17-8-5-6-9-18(17)22/h5-6,8-14H,4,7H2,1-3H3. The zero-order valence-electron chi connectivity index (χ0n) is 15.7. The molecule has 0 amide bonds. The molecular formula is C21H22FN5. The number of nitrogens with zero attached hydrogens (tertiary/aromatic N) is 5. The lowest BCUT2D eigenvalue weighted by Gasteiger charge is -2.31. The first-order valence-corrected chi connectivity index (χ1v) is 9.14. The van der Waals surface area contributed by atoms with Gasteiger partial charge in [-0.25, -0.2) is 18.9 Å². The molecule has 0 aliphatic heterocycles. The zero-order valence-corrected chi connectivity index (χ0v) is 15.7. The second-order valence-corrected chi connectivity index (χ2v) is 6.94. The van der Waals surface area contributed by atoms with Gasteiger partial charge in [0.2, 0.25) is 0 Å². The summed E-state index contributed by atoms with van der Waals surface area (Å²) in [7, 11) is 0. The van der Waals surface area contributed by atoms with Crippen LogP contribution in [0.25, 0.3) is 5.65 Å². The number of fused-ring (bicyclic) bond motifs is 1. The summed E-state index contributed by atoms with van der Waals surface area (Å²) < 4.78 is 18.6. The van der Waals surface area contributed by atoms with Crippen molar-refractivity contribution in [1.82, 2.24) is 24.1 Å². The molecule has 0 bridgehead atoms. The van der Waals surface area contributed by atoms with Gasteiger partial charge in [-0.1, -0.05) is 31.5 Å². The van der Waals surface area contributed by atoms with Gasteiger partial charge in [-0.15, -0.1) is 0 Å². The van der Waals surface area contributed by atoms with E-state index in [0.29, 0.717) is 5.56 Å². The van der Waals surface area contributed by atoms with Gasteiger partial charge in [0, 0.05) is 35.4 Å². The summed E-state index contributed by atoms with van der Waals surface area (Å²) in [6, 6.07) is 8.78. The monoisotopic (exact) mass is 363 g/mol. The fourth-order valence-electron chi connectivity index (χ4n) is 3.71. The molecule has 3 aromatic heterocycles. The van der Waals surface area contributed by atoms with E-state index in [1.54, 1.807) is 23.1 Å². The van der Waals surface area contributed by atoms with Crippen molar-refractivity contribution in [2.45, 2.75) is 39.2 Å². The normalized spacial score (nSPS) is 13.8. The number of benzene rings is 1. The molecule has 0 saturated carbocycles. The van der Waals surface area contributed by atoms with Crippen LogP contribution in [0.2, 0.25) is 0 Å². The first-order chi connectivity index (χ1) is 13.1. The quantitative estimate of drug-likeness (QED) is 0.535. The lowest BCUT2D eigenvalue weighted by atomic mass is 9.85. The minimum atomic E-state index is -0.839. The van der Waals surface area contributed by atoms with E-state index in [-0.39, 0.29) is 5.82 Å². The number of aromatic nitrogens is 5. The molecule has 27 heavy (non-hydrogen) atoms. The molecular weight excluding hydrogens is 341 g/mol. The highest BCUT2D eigenvalue weighted by atomic mass is 19.1. The molecule has 0 spiro atoms. The van der Waals surface area contributed by atoms with Crippen LogP contribution in [0, 0.1) is 12.7 Å². The maximum atomic E-state index is 14.9. The zero-order chi connectivity index (χ0) is 19.0. The Balaban J connectivity index is 2.08. The average Bonchev–Trinajstić information content (AvgIpc) is 3.31. The van der Waals surface area contributed by atoms with Crippen LogP contribution in [-0.4, -0.2) is 24.1 Å². The predicted molar refractivity (Wildman–Crippen MR) is 102 cm³/mol. The van der Waals surface area contributed by atoms with Crippen molar-refractivity contribution in [3.63, 3.8) is 0 Å². The Hall–Kier alpha value is -3.02.